The lowest BCUT2D eigenvalue weighted by atomic mass is 9.85. The van der Waals surface area contributed by atoms with E-state index in [2.05, 4.69) is 0 Å². The molecule has 0 amide bonds. The quantitative estimate of drug-likeness (QED) is 0.446. The Labute approximate surface area is 188 Å². The minimum atomic E-state index is -1.54. The van der Waals surface area contributed by atoms with Gasteiger partial charge in [-0.2, -0.15) is 0 Å². The van der Waals surface area contributed by atoms with Crippen LogP contribution in [0, 0.1) is 0 Å². The van der Waals surface area contributed by atoms with E-state index in [0.717, 1.165) is 16.5 Å². The third-order valence-electron chi connectivity index (χ3n) is 6.35. The van der Waals surface area contributed by atoms with E-state index in [1.165, 1.54) is 0 Å². The van der Waals surface area contributed by atoms with Crippen LogP contribution in [0.2, 0.25) is 0 Å². The summed E-state index contributed by atoms with van der Waals surface area (Å²) < 4.78 is 18.1. The molecule has 0 fully saturated rings. The number of aromatic nitrogens is 2. The van der Waals surface area contributed by atoms with Gasteiger partial charge in [-0.1, -0.05) is 6.92 Å². The van der Waals surface area contributed by atoms with Crippen molar-refractivity contribution in [1.82, 2.24) is 9.55 Å². The van der Waals surface area contributed by atoms with Crippen LogP contribution in [0.5, 0.6) is 5.75 Å². The average Bonchev–Trinajstić information content (AvgIpc) is 3.16. The molecule has 0 radical (unpaired) electrons. The molecule has 0 spiro atoms. The molecule has 9 heteroatoms. The third kappa shape index (κ3) is 3.19. The van der Waals surface area contributed by atoms with E-state index in [0.29, 0.717) is 34.8 Å². The van der Waals surface area contributed by atoms with Crippen molar-refractivity contribution >= 4 is 22.8 Å². The predicted octanol–water partition coefficient (Wildman–Crippen LogP) is 2.59. The van der Waals surface area contributed by atoms with Crippen LogP contribution < -0.4 is 10.3 Å². The van der Waals surface area contributed by atoms with E-state index in [9.17, 15) is 14.4 Å². The second-order valence-electron chi connectivity index (χ2n) is 8.12. The number of cyclic esters (lactones) is 1. The summed E-state index contributed by atoms with van der Waals surface area (Å²) in [5.41, 5.74) is 1.87. The number of pyridine rings is 2. The molecule has 1 aromatic carbocycles. The molecule has 0 bridgehead atoms. The number of carboxylic acids is 1. The SMILES string of the molecule is CC[C@@]1(OCCC(=O)O)C(=O)OCc2c1cc1n(c2=O)Cc2cc3cc(OC)ccc3nc2-1. The van der Waals surface area contributed by atoms with Crippen molar-refractivity contribution in [1.29, 1.82) is 0 Å². The Kier molecular flexibility index (Phi) is 4.93. The number of esters is 1. The molecule has 1 atom stereocenters. The summed E-state index contributed by atoms with van der Waals surface area (Å²) in [5.74, 6) is -0.945. The molecule has 2 aliphatic rings. The van der Waals surface area contributed by atoms with Gasteiger partial charge >= 0.3 is 11.9 Å². The van der Waals surface area contributed by atoms with Crippen LogP contribution in [0.25, 0.3) is 22.3 Å². The summed E-state index contributed by atoms with van der Waals surface area (Å²) in [7, 11) is 1.60. The van der Waals surface area contributed by atoms with Crippen LogP contribution in [0.3, 0.4) is 0 Å². The van der Waals surface area contributed by atoms with Crippen LogP contribution in [-0.2, 0) is 37.8 Å². The fourth-order valence-electron chi connectivity index (χ4n) is 4.63. The van der Waals surface area contributed by atoms with Gasteiger partial charge in [0.1, 0.15) is 12.4 Å². The van der Waals surface area contributed by atoms with E-state index < -0.39 is 17.5 Å². The summed E-state index contributed by atoms with van der Waals surface area (Å²) in [6, 6.07) is 9.34. The Balaban J connectivity index is 1.67. The number of hydrogen-bond acceptors (Lipinski definition) is 7. The molecular formula is C24H22N2O7. The maximum atomic E-state index is 13.4. The zero-order valence-electron chi connectivity index (χ0n) is 18.2. The first-order valence-corrected chi connectivity index (χ1v) is 10.7. The number of carbonyl (C=O) groups excluding carboxylic acids is 1. The number of nitrogens with zero attached hydrogens (tertiary/aromatic N) is 2. The van der Waals surface area contributed by atoms with E-state index >= 15 is 0 Å². The molecule has 33 heavy (non-hydrogen) atoms. The highest BCUT2D eigenvalue weighted by Crippen LogP contribution is 2.41. The molecule has 5 rings (SSSR count). The monoisotopic (exact) mass is 450 g/mol. The highest BCUT2D eigenvalue weighted by Gasteiger charge is 2.48. The van der Waals surface area contributed by atoms with Gasteiger partial charge in [-0.05, 0) is 36.8 Å². The Morgan fingerprint density at radius 3 is 2.82 bits per heavy atom. The van der Waals surface area contributed by atoms with Gasteiger partial charge in [0.05, 0.1) is 49.2 Å². The number of fused-ring (bicyclic) bond motifs is 5. The second-order valence-corrected chi connectivity index (χ2v) is 8.12. The molecule has 2 aliphatic heterocycles. The molecule has 9 nitrogen and oxygen atoms in total. The van der Waals surface area contributed by atoms with E-state index in [1.807, 2.05) is 24.3 Å². The van der Waals surface area contributed by atoms with Crippen molar-refractivity contribution in [2.24, 2.45) is 0 Å². The highest BCUT2D eigenvalue weighted by molar-refractivity contribution is 5.87. The van der Waals surface area contributed by atoms with Gasteiger partial charge in [-0.25, -0.2) is 9.78 Å². The number of carboxylic acid groups (broad SMARTS) is 1. The molecular weight excluding hydrogens is 428 g/mol. The smallest absolute Gasteiger partial charge is 0.343 e. The summed E-state index contributed by atoms with van der Waals surface area (Å²) >= 11 is 0. The standard InChI is InChI=1S/C24H22N2O7/c1-3-24(33-7-6-20(27)28)17-10-19-21-14(8-13-9-15(31-2)4-5-18(13)25-21)11-26(19)22(29)16(17)12-32-23(24)30/h4-5,8-10H,3,6-7,11-12H2,1-2H3,(H,27,28)/t24-/m0/s1. The summed E-state index contributed by atoms with van der Waals surface area (Å²) in [6.07, 6.45) is -0.0761. The van der Waals surface area contributed by atoms with E-state index in [1.54, 1.807) is 24.7 Å². The Hall–Kier alpha value is -3.72. The Morgan fingerprint density at radius 1 is 1.27 bits per heavy atom. The maximum absolute atomic E-state index is 13.4. The Morgan fingerprint density at radius 2 is 2.09 bits per heavy atom. The molecule has 1 N–H and O–H groups in total. The number of hydrogen-bond donors (Lipinski definition) is 1. The first-order valence-electron chi connectivity index (χ1n) is 10.7. The zero-order chi connectivity index (χ0) is 23.3. The molecule has 170 valence electrons. The first-order chi connectivity index (χ1) is 15.9. The van der Waals surface area contributed by atoms with Crippen molar-refractivity contribution in [3.8, 4) is 17.1 Å². The Bertz CT molecular complexity index is 1380. The average molecular weight is 450 g/mol. The number of benzene rings is 1. The molecule has 4 heterocycles. The van der Waals surface area contributed by atoms with Crippen molar-refractivity contribution in [3.63, 3.8) is 0 Å². The lowest BCUT2D eigenvalue weighted by Gasteiger charge is -2.36. The summed E-state index contributed by atoms with van der Waals surface area (Å²) in [5, 5.41) is 9.89. The fourth-order valence-corrected chi connectivity index (χ4v) is 4.63. The van der Waals surface area contributed by atoms with Crippen molar-refractivity contribution in [3.05, 3.63) is 57.4 Å². The predicted molar refractivity (Wildman–Crippen MR) is 117 cm³/mol. The van der Waals surface area contributed by atoms with Gasteiger partial charge in [0, 0.05) is 16.5 Å². The molecule has 3 aromatic rings. The first kappa shape index (κ1) is 21.1. The largest absolute Gasteiger partial charge is 0.497 e. The van der Waals surface area contributed by atoms with Crippen molar-refractivity contribution < 1.29 is 28.9 Å². The topological polar surface area (TPSA) is 117 Å². The minimum absolute atomic E-state index is 0.153. The van der Waals surface area contributed by atoms with Crippen LogP contribution >= 0.6 is 0 Å². The molecule has 0 saturated heterocycles. The van der Waals surface area contributed by atoms with Gasteiger partial charge in [0.25, 0.3) is 5.56 Å². The van der Waals surface area contributed by atoms with Crippen molar-refractivity contribution in [2.75, 3.05) is 13.7 Å². The molecule has 0 saturated carbocycles. The van der Waals surface area contributed by atoms with E-state index in [4.69, 9.17) is 24.3 Å². The fraction of sp³-hybridized carbons (Fsp3) is 0.333. The number of methoxy groups -OCH3 is 1. The highest BCUT2D eigenvalue weighted by atomic mass is 16.6. The van der Waals surface area contributed by atoms with Gasteiger partial charge in [0.2, 0.25) is 0 Å². The van der Waals surface area contributed by atoms with Gasteiger partial charge < -0.3 is 23.9 Å². The van der Waals surface area contributed by atoms with Crippen LogP contribution in [0.1, 0.15) is 36.5 Å². The lowest BCUT2D eigenvalue weighted by Crippen LogP contribution is -2.46. The van der Waals surface area contributed by atoms with Gasteiger partial charge in [0.15, 0.2) is 5.60 Å². The molecule has 0 aliphatic carbocycles. The van der Waals surface area contributed by atoms with Gasteiger partial charge in [-0.3, -0.25) is 9.59 Å². The van der Waals surface area contributed by atoms with E-state index in [-0.39, 0.29) is 31.6 Å². The lowest BCUT2D eigenvalue weighted by molar-refractivity contribution is -0.182. The summed E-state index contributed by atoms with van der Waals surface area (Å²) in [6.45, 7) is 1.76. The summed E-state index contributed by atoms with van der Waals surface area (Å²) in [4.78, 5) is 42.1. The normalized spacial score (nSPS) is 18.4. The minimum Gasteiger partial charge on any atom is -0.497 e. The number of aliphatic carboxylic acids is 1. The number of rotatable bonds is 6. The van der Waals surface area contributed by atoms with Crippen LogP contribution in [0.15, 0.2) is 35.1 Å². The van der Waals surface area contributed by atoms with Crippen molar-refractivity contribution in [2.45, 2.75) is 38.5 Å². The second kappa shape index (κ2) is 7.70. The van der Waals surface area contributed by atoms with Gasteiger partial charge in [-0.15, -0.1) is 0 Å². The third-order valence-corrected chi connectivity index (χ3v) is 6.35. The number of carbonyl (C=O) groups is 2. The van der Waals surface area contributed by atoms with Crippen LogP contribution in [-0.4, -0.2) is 40.3 Å². The number of ether oxygens (including phenoxy) is 3. The molecule has 0 unspecified atom stereocenters. The maximum Gasteiger partial charge on any atom is 0.343 e. The zero-order valence-corrected chi connectivity index (χ0v) is 18.2. The molecule has 2 aromatic heterocycles. The van der Waals surface area contributed by atoms with Crippen LogP contribution in [0.4, 0.5) is 0 Å².